The van der Waals surface area contributed by atoms with E-state index in [1.165, 1.54) is 24.3 Å². The van der Waals surface area contributed by atoms with Crippen LogP contribution in [0.1, 0.15) is 26.7 Å². The Morgan fingerprint density at radius 3 is 2.48 bits per heavy atom. The van der Waals surface area contributed by atoms with Crippen molar-refractivity contribution >= 4 is 11.9 Å². The molecule has 0 unspecified atom stereocenters. The van der Waals surface area contributed by atoms with E-state index in [0.717, 1.165) is 0 Å². The van der Waals surface area contributed by atoms with E-state index in [9.17, 15) is 14.0 Å². The second kappa shape index (κ2) is 8.24. The van der Waals surface area contributed by atoms with E-state index in [2.05, 4.69) is 5.32 Å². The minimum Gasteiger partial charge on any atom is -0.493 e. The van der Waals surface area contributed by atoms with E-state index in [1.807, 2.05) is 6.92 Å². The predicted molar refractivity (Wildman–Crippen MR) is 75.5 cm³/mol. The number of amides is 1. The van der Waals surface area contributed by atoms with Crippen molar-refractivity contribution in [2.24, 2.45) is 5.92 Å². The smallest absolute Gasteiger partial charge is 0.326 e. The lowest BCUT2D eigenvalue weighted by Crippen LogP contribution is -2.45. The molecule has 0 spiro atoms. The number of carboxylic acids is 1. The number of benzene rings is 1. The van der Waals surface area contributed by atoms with Gasteiger partial charge in [0.05, 0.1) is 13.0 Å². The molecule has 0 aliphatic carbocycles. The molecule has 2 atom stereocenters. The Kier molecular flexibility index (Phi) is 6.65. The average molecular weight is 297 g/mol. The number of halogens is 1. The van der Waals surface area contributed by atoms with Crippen LogP contribution < -0.4 is 10.1 Å². The predicted octanol–water partition coefficient (Wildman–Crippen LogP) is 2.21. The highest BCUT2D eigenvalue weighted by atomic mass is 19.1. The molecule has 0 aliphatic rings. The molecular weight excluding hydrogens is 277 g/mol. The molecule has 2 N–H and O–H groups in total. The Bertz CT molecular complexity index is 475. The number of nitrogens with one attached hydrogen (secondary N) is 1. The monoisotopic (exact) mass is 297 g/mol. The van der Waals surface area contributed by atoms with Crippen molar-refractivity contribution in [2.75, 3.05) is 6.61 Å². The van der Waals surface area contributed by atoms with Crippen LogP contribution in [0.15, 0.2) is 24.3 Å². The van der Waals surface area contributed by atoms with E-state index in [0.29, 0.717) is 12.2 Å². The molecule has 0 heterocycles. The summed E-state index contributed by atoms with van der Waals surface area (Å²) in [6.45, 7) is 3.74. The molecule has 0 aliphatic heterocycles. The van der Waals surface area contributed by atoms with E-state index in [4.69, 9.17) is 9.84 Å². The van der Waals surface area contributed by atoms with Crippen molar-refractivity contribution in [1.82, 2.24) is 5.32 Å². The van der Waals surface area contributed by atoms with Gasteiger partial charge in [0, 0.05) is 0 Å². The van der Waals surface area contributed by atoms with Crippen molar-refractivity contribution in [2.45, 2.75) is 32.7 Å². The summed E-state index contributed by atoms with van der Waals surface area (Å²) in [6, 6.07) is 4.56. The normalized spacial score (nSPS) is 13.3. The molecular formula is C15H20FNO4. The average Bonchev–Trinajstić information content (AvgIpc) is 2.45. The number of ether oxygens (including phenoxy) is 1. The minimum atomic E-state index is -1.04. The largest absolute Gasteiger partial charge is 0.493 e. The van der Waals surface area contributed by atoms with Gasteiger partial charge < -0.3 is 15.2 Å². The van der Waals surface area contributed by atoms with Crippen molar-refractivity contribution in [3.8, 4) is 5.75 Å². The Balaban J connectivity index is 2.39. The highest BCUT2D eigenvalue weighted by Crippen LogP contribution is 2.11. The number of carboxylic acid groups (broad SMARTS) is 1. The first-order valence-corrected chi connectivity index (χ1v) is 6.84. The maximum atomic E-state index is 12.7. The fourth-order valence-corrected chi connectivity index (χ4v) is 1.72. The van der Waals surface area contributed by atoms with Crippen LogP contribution in [0.2, 0.25) is 0 Å². The summed E-state index contributed by atoms with van der Waals surface area (Å²) in [6.07, 6.45) is 0.695. The van der Waals surface area contributed by atoms with E-state index < -0.39 is 12.0 Å². The molecule has 6 heteroatoms. The van der Waals surface area contributed by atoms with Crippen LogP contribution in [0, 0.1) is 11.7 Å². The van der Waals surface area contributed by atoms with Gasteiger partial charge in [-0.2, -0.15) is 0 Å². The van der Waals surface area contributed by atoms with Crippen LogP contribution in [0.25, 0.3) is 0 Å². The zero-order valence-electron chi connectivity index (χ0n) is 12.1. The van der Waals surface area contributed by atoms with Gasteiger partial charge in [0.2, 0.25) is 5.91 Å². The second-order valence-corrected chi connectivity index (χ2v) is 4.82. The summed E-state index contributed by atoms with van der Waals surface area (Å²) in [7, 11) is 0. The standard InChI is InChI=1S/C15H20FNO4/c1-3-10(2)14(15(19)20)17-13(18)8-9-21-12-6-4-11(16)5-7-12/h4-7,10,14H,3,8-9H2,1-2H3,(H,17,18)(H,19,20)/t10-,14-/m0/s1. The van der Waals surface area contributed by atoms with Crippen LogP contribution in [0.3, 0.4) is 0 Å². The maximum Gasteiger partial charge on any atom is 0.326 e. The quantitative estimate of drug-likeness (QED) is 0.771. The number of hydrogen-bond donors (Lipinski definition) is 2. The van der Waals surface area contributed by atoms with Crippen molar-refractivity contribution in [1.29, 1.82) is 0 Å². The first-order chi connectivity index (χ1) is 9.93. The Hall–Kier alpha value is -2.11. The molecule has 116 valence electrons. The van der Waals surface area contributed by atoms with Crippen LogP contribution in [-0.2, 0) is 9.59 Å². The van der Waals surface area contributed by atoms with Gasteiger partial charge in [0.25, 0.3) is 0 Å². The van der Waals surface area contributed by atoms with Crippen LogP contribution in [0.5, 0.6) is 5.75 Å². The van der Waals surface area contributed by atoms with Gasteiger partial charge in [0.1, 0.15) is 17.6 Å². The molecule has 0 bridgehead atoms. The number of rotatable bonds is 8. The van der Waals surface area contributed by atoms with Crippen molar-refractivity contribution in [3.05, 3.63) is 30.1 Å². The molecule has 0 saturated heterocycles. The molecule has 0 fully saturated rings. The Morgan fingerprint density at radius 2 is 1.95 bits per heavy atom. The first-order valence-electron chi connectivity index (χ1n) is 6.84. The zero-order chi connectivity index (χ0) is 15.8. The van der Waals surface area contributed by atoms with Gasteiger partial charge in [-0.3, -0.25) is 4.79 Å². The van der Waals surface area contributed by atoms with Gasteiger partial charge in [0.15, 0.2) is 0 Å². The lowest BCUT2D eigenvalue weighted by Gasteiger charge is -2.20. The van der Waals surface area contributed by atoms with Crippen LogP contribution in [0.4, 0.5) is 4.39 Å². The number of hydrogen-bond acceptors (Lipinski definition) is 3. The topological polar surface area (TPSA) is 75.6 Å². The van der Waals surface area contributed by atoms with Crippen LogP contribution >= 0.6 is 0 Å². The number of carbonyl (C=O) groups is 2. The minimum absolute atomic E-state index is 0.0393. The molecule has 1 aromatic carbocycles. The highest BCUT2D eigenvalue weighted by Gasteiger charge is 2.24. The van der Waals surface area contributed by atoms with Gasteiger partial charge in [-0.25, -0.2) is 9.18 Å². The van der Waals surface area contributed by atoms with Gasteiger partial charge in [-0.1, -0.05) is 20.3 Å². The highest BCUT2D eigenvalue weighted by molar-refractivity contribution is 5.83. The summed E-state index contributed by atoms with van der Waals surface area (Å²) < 4.78 is 18.0. The van der Waals surface area contributed by atoms with E-state index in [1.54, 1.807) is 6.92 Å². The first kappa shape index (κ1) is 16.9. The van der Waals surface area contributed by atoms with Crippen molar-refractivity contribution < 1.29 is 23.8 Å². The fourth-order valence-electron chi connectivity index (χ4n) is 1.72. The Morgan fingerprint density at radius 1 is 1.33 bits per heavy atom. The molecule has 0 aromatic heterocycles. The third-order valence-electron chi connectivity index (χ3n) is 3.21. The SMILES string of the molecule is CC[C@H](C)[C@H](NC(=O)CCOc1ccc(F)cc1)C(=O)O. The number of carbonyl (C=O) groups excluding carboxylic acids is 1. The van der Waals surface area contributed by atoms with Gasteiger partial charge in [-0.15, -0.1) is 0 Å². The summed E-state index contributed by atoms with van der Waals surface area (Å²) in [5.41, 5.74) is 0. The summed E-state index contributed by atoms with van der Waals surface area (Å²) >= 11 is 0. The van der Waals surface area contributed by atoms with Crippen molar-refractivity contribution in [3.63, 3.8) is 0 Å². The fraction of sp³-hybridized carbons (Fsp3) is 0.467. The molecule has 1 aromatic rings. The molecule has 21 heavy (non-hydrogen) atoms. The van der Waals surface area contributed by atoms with Crippen LogP contribution in [-0.4, -0.2) is 29.6 Å². The van der Waals surface area contributed by atoms with Gasteiger partial charge in [-0.05, 0) is 30.2 Å². The molecule has 1 amide bonds. The summed E-state index contributed by atoms with van der Waals surface area (Å²) in [5, 5.41) is 11.6. The molecule has 0 radical (unpaired) electrons. The third-order valence-corrected chi connectivity index (χ3v) is 3.21. The van der Waals surface area contributed by atoms with E-state index in [-0.39, 0.29) is 30.7 Å². The summed E-state index contributed by atoms with van der Waals surface area (Å²) in [5.74, 6) is -1.48. The molecule has 1 rings (SSSR count). The number of aliphatic carboxylic acids is 1. The third kappa shape index (κ3) is 5.81. The summed E-state index contributed by atoms with van der Waals surface area (Å²) in [4.78, 5) is 22.8. The maximum absolute atomic E-state index is 12.7. The second-order valence-electron chi connectivity index (χ2n) is 4.82. The lowest BCUT2D eigenvalue weighted by atomic mass is 9.99. The zero-order valence-corrected chi connectivity index (χ0v) is 12.1. The Labute approximate surface area is 123 Å². The lowest BCUT2D eigenvalue weighted by molar-refractivity contribution is -0.143. The molecule has 0 saturated carbocycles. The van der Waals surface area contributed by atoms with Gasteiger partial charge >= 0.3 is 5.97 Å². The molecule has 5 nitrogen and oxygen atoms in total. The van der Waals surface area contributed by atoms with E-state index >= 15 is 0 Å².